The van der Waals surface area contributed by atoms with Gasteiger partial charge in [-0.1, -0.05) is 37.3 Å². The van der Waals surface area contributed by atoms with E-state index in [2.05, 4.69) is 0 Å². The quantitative estimate of drug-likeness (QED) is 0.724. The van der Waals surface area contributed by atoms with Crippen molar-refractivity contribution in [2.24, 2.45) is 0 Å². The Morgan fingerprint density at radius 2 is 2.19 bits per heavy atom. The van der Waals surface area contributed by atoms with Crippen molar-refractivity contribution in [3.8, 4) is 0 Å². The molecule has 0 radical (unpaired) electrons. The van der Waals surface area contributed by atoms with Crippen LogP contribution in [0.4, 0.5) is 0 Å². The normalized spacial score (nSPS) is 19.7. The van der Waals surface area contributed by atoms with E-state index in [1.54, 1.807) is 0 Å². The molecule has 4 heteroatoms. The van der Waals surface area contributed by atoms with E-state index < -0.39 is 0 Å². The van der Waals surface area contributed by atoms with Gasteiger partial charge in [-0.15, -0.1) is 0 Å². The number of carbonyl (C=O) groups excluding carboxylic acids is 1. The molecule has 0 unspecified atom stereocenters. The van der Waals surface area contributed by atoms with Gasteiger partial charge in [-0.05, 0) is 32.0 Å². The Bertz CT molecular complexity index is 429. The minimum atomic E-state index is -0.333. The molecule has 2 atom stereocenters. The van der Waals surface area contributed by atoms with Crippen molar-refractivity contribution in [3.05, 3.63) is 35.9 Å². The molecule has 0 amide bonds. The summed E-state index contributed by atoms with van der Waals surface area (Å²) in [5.74, 6) is -0.177. The average molecular weight is 291 g/mol. The molecule has 0 saturated carbocycles. The van der Waals surface area contributed by atoms with Gasteiger partial charge in [-0.3, -0.25) is 4.90 Å². The van der Waals surface area contributed by atoms with Crippen molar-refractivity contribution in [2.75, 3.05) is 26.8 Å². The van der Waals surface area contributed by atoms with E-state index in [1.807, 2.05) is 49.2 Å². The lowest BCUT2D eigenvalue weighted by molar-refractivity contribution is -0.150. The molecule has 0 aromatic heterocycles. The second kappa shape index (κ2) is 8.15. The Morgan fingerprint density at radius 1 is 1.43 bits per heavy atom. The number of likely N-dealkylation sites (N-methyl/N-ethyl adjacent to an activating group) is 1. The van der Waals surface area contributed by atoms with E-state index >= 15 is 0 Å². The van der Waals surface area contributed by atoms with Crippen molar-refractivity contribution < 1.29 is 14.3 Å². The zero-order chi connectivity index (χ0) is 15.1. The van der Waals surface area contributed by atoms with Crippen molar-refractivity contribution in [1.82, 2.24) is 4.90 Å². The molecule has 4 nitrogen and oxygen atoms in total. The van der Waals surface area contributed by atoms with Crippen LogP contribution in [0.2, 0.25) is 0 Å². The number of carbonyl (C=O) groups is 1. The average Bonchev–Trinajstić information content (AvgIpc) is 3.01. The van der Waals surface area contributed by atoms with Gasteiger partial charge in [-0.25, -0.2) is 4.79 Å². The molecule has 1 aromatic carbocycles. The predicted molar refractivity (Wildman–Crippen MR) is 82.0 cm³/mol. The van der Waals surface area contributed by atoms with Gasteiger partial charge in [0.15, 0.2) is 0 Å². The van der Waals surface area contributed by atoms with E-state index in [1.165, 1.54) is 0 Å². The van der Waals surface area contributed by atoms with Crippen LogP contribution in [-0.4, -0.2) is 43.8 Å². The predicted octanol–water partition coefficient (Wildman–Crippen LogP) is 2.79. The molecule has 1 aromatic rings. The first-order valence-electron chi connectivity index (χ1n) is 7.75. The lowest BCUT2D eigenvalue weighted by Crippen LogP contribution is -2.32. The van der Waals surface area contributed by atoms with Crippen LogP contribution >= 0.6 is 0 Å². The largest absolute Gasteiger partial charge is 0.464 e. The van der Waals surface area contributed by atoms with Crippen LogP contribution < -0.4 is 0 Å². The fraction of sp³-hybridized carbons (Fsp3) is 0.588. The first kappa shape index (κ1) is 16.0. The van der Waals surface area contributed by atoms with Gasteiger partial charge in [0.1, 0.15) is 6.04 Å². The summed E-state index contributed by atoms with van der Waals surface area (Å²) in [4.78, 5) is 14.4. The number of benzene rings is 1. The minimum Gasteiger partial charge on any atom is -0.464 e. The highest BCUT2D eigenvalue weighted by Gasteiger charge is 2.26. The summed E-state index contributed by atoms with van der Waals surface area (Å²) in [6, 6.07) is 9.46. The first-order chi connectivity index (χ1) is 10.2. The molecular weight excluding hydrogens is 266 g/mol. The monoisotopic (exact) mass is 291 g/mol. The SMILES string of the molecule is CCN(C)[C@@H](C(=O)OCC[C@H]1CCCO1)c1ccccc1. The standard InChI is InChI=1S/C17H25NO3/c1-3-18(2)16(14-8-5-4-6-9-14)17(19)21-13-11-15-10-7-12-20-15/h4-6,8-9,15-16H,3,7,10-13H2,1-2H3/t15-,16-/m1/s1. The Balaban J connectivity index is 1.91. The number of hydrogen-bond acceptors (Lipinski definition) is 4. The summed E-state index contributed by atoms with van der Waals surface area (Å²) >= 11 is 0. The first-order valence-corrected chi connectivity index (χ1v) is 7.75. The second-order valence-corrected chi connectivity index (χ2v) is 5.48. The molecule has 0 aliphatic carbocycles. The van der Waals surface area contributed by atoms with E-state index in [-0.39, 0.29) is 18.1 Å². The molecule has 0 bridgehead atoms. The third-order valence-electron chi connectivity index (χ3n) is 3.99. The number of ether oxygens (including phenoxy) is 2. The third kappa shape index (κ3) is 4.55. The maximum Gasteiger partial charge on any atom is 0.328 e. The van der Waals surface area contributed by atoms with Crippen LogP contribution in [0.25, 0.3) is 0 Å². The molecule has 1 saturated heterocycles. The second-order valence-electron chi connectivity index (χ2n) is 5.48. The van der Waals surface area contributed by atoms with Gasteiger partial charge in [-0.2, -0.15) is 0 Å². The Hall–Kier alpha value is -1.39. The van der Waals surface area contributed by atoms with Gasteiger partial charge in [0, 0.05) is 13.0 Å². The van der Waals surface area contributed by atoms with Crippen molar-refractivity contribution in [3.63, 3.8) is 0 Å². The third-order valence-corrected chi connectivity index (χ3v) is 3.99. The van der Waals surface area contributed by atoms with Gasteiger partial charge in [0.2, 0.25) is 0 Å². The number of hydrogen-bond donors (Lipinski definition) is 0. The smallest absolute Gasteiger partial charge is 0.328 e. The summed E-state index contributed by atoms with van der Waals surface area (Å²) in [6.45, 7) is 4.10. The summed E-state index contributed by atoms with van der Waals surface area (Å²) in [5.41, 5.74) is 0.976. The molecule has 21 heavy (non-hydrogen) atoms. The summed E-state index contributed by atoms with van der Waals surface area (Å²) in [5, 5.41) is 0. The number of esters is 1. The van der Waals surface area contributed by atoms with Crippen molar-refractivity contribution >= 4 is 5.97 Å². The molecule has 1 aliphatic rings. The lowest BCUT2D eigenvalue weighted by atomic mass is 10.1. The molecule has 0 spiro atoms. The highest BCUT2D eigenvalue weighted by Crippen LogP contribution is 2.21. The van der Waals surface area contributed by atoms with Crippen LogP contribution in [0.1, 0.15) is 37.8 Å². The van der Waals surface area contributed by atoms with Crippen LogP contribution in [0.3, 0.4) is 0 Å². The maximum atomic E-state index is 12.4. The Labute approximate surface area is 127 Å². The van der Waals surface area contributed by atoms with Crippen LogP contribution in [0.5, 0.6) is 0 Å². The zero-order valence-corrected chi connectivity index (χ0v) is 13.0. The molecule has 1 fully saturated rings. The van der Waals surface area contributed by atoms with E-state index in [0.717, 1.165) is 38.0 Å². The van der Waals surface area contributed by atoms with Gasteiger partial charge >= 0.3 is 5.97 Å². The van der Waals surface area contributed by atoms with Crippen molar-refractivity contribution in [2.45, 2.75) is 38.3 Å². The molecule has 116 valence electrons. The molecule has 1 aliphatic heterocycles. The summed E-state index contributed by atoms with van der Waals surface area (Å²) in [6.07, 6.45) is 3.25. The maximum absolute atomic E-state index is 12.4. The fourth-order valence-corrected chi connectivity index (χ4v) is 2.63. The fourth-order valence-electron chi connectivity index (χ4n) is 2.63. The Kier molecular flexibility index (Phi) is 6.21. The minimum absolute atomic E-state index is 0.177. The van der Waals surface area contributed by atoms with Crippen LogP contribution in [-0.2, 0) is 14.3 Å². The highest BCUT2D eigenvalue weighted by atomic mass is 16.5. The van der Waals surface area contributed by atoms with Gasteiger partial charge in [0.25, 0.3) is 0 Å². The van der Waals surface area contributed by atoms with Gasteiger partial charge in [0.05, 0.1) is 12.7 Å². The van der Waals surface area contributed by atoms with E-state index in [4.69, 9.17) is 9.47 Å². The van der Waals surface area contributed by atoms with Gasteiger partial charge < -0.3 is 9.47 Å². The lowest BCUT2D eigenvalue weighted by Gasteiger charge is -2.25. The van der Waals surface area contributed by atoms with Crippen molar-refractivity contribution in [1.29, 1.82) is 0 Å². The Morgan fingerprint density at radius 3 is 2.81 bits per heavy atom. The summed E-state index contributed by atoms with van der Waals surface area (Å²) < 4.78 is 11.0. The van der Waals surface area contributed by atoms with E-state index in [0.29, 0.717) is 6.61 Å². The molecule has 1 heterocycles. The summed E-state index contributed by atoms with van der Waals surface area (Å²) in [7, 11) is 1.94. The molecule has 2 rings (SSSR count). The zero-order valence-electron chi connectivity index (χ0n) is 13.0. The topological polar surface area (TPSA) is 38.8 Å². The molecular formula is C17H25NO3. The molecule has 0 N–H and O–H groups in total. The van der Waals surface area contributed by atoms with Crippen LogP contribution in [0.15, 0.2) is 30.3 Å². The van der Waals surface area contributed by atoms with Crippen LogP contribution in [0, 0.1) is 0 Å². The number of nitrogens with zero attached hydrogens (tertiary/aromatic N) is 1. The highest BCUT2D eigenvalue weighted by molar-refractivity contribution is 5.77. The van der Waals surface area contributed by atoms with E-state index in [9.17, 15) is 4.79 Å². The number of rotatable bonds is 7.